The molecule has 0 atom stereocenters. The van der Waals surface area contributed by atoms with Crippen LogP contribution in [0.2, 0.25) is 0 Å². The lowest BCUT2D eigenvalue weighted by atomic mass is 10.1. The fourth-order valence-electron chi connectivity index (χ4n) is 0.727. The van der Waals surface area contributed by atoms with Gasteiger partial charge in [0.1, 0.15) is 0 Å². The zero-order chi connectivity index (χ0) is 9.19. The van der Waals surface area contributed by atoms with Gasteiger partial charge in [-0.25, -0.2) is 4.98 Å². The highest BCUT2D eigenvalue weighted by atomic mass is 32.1. The van der Waals surface area contributed by atoms with Crippen molar-refractivity contribution in [2.24, 2.45) is 0 Å². The van der Waals surface area contributed by atoms with Crippen LogP contribution in [-0.4, -0.2) is 22.2 Å². The number of nitrogens with zero attached hydrogens (tertiary/aromatic N) is 1. The SMILES string of the molecule is Cc1csc(NCC(C)(C)O)n1. The van der Waals surface area contributed by atoms with Crippen molar-refractivity contribution in [1.82, 2.24) is 4.98 Å². The van der Waals surface area contributed by atoms with Gasteiger partial charge < -0.3 is 10.4 Å². The second kappa shape index (κ2) is 3.41. The number of anilines is 1. The largest absolute Gasteiger partial charge is 0.389 e. The summed E-state index contributed by atoms with van der Waals surface area (Å²) >= 11 is 1.56. The zero-order valence-electron chi connectivity index (χ0n) is 7.59. The van der Waals surface area contributed by atoms with Crippen LogP contribution in [-0.2, 0) is 0 Å². The Bertz CT molecular complexity index is 252. The van der Waals surface area contributed by atoms with E-state index in [2.05, 4.69) is 10.3 Å². The van der Waals surface area contributed by atoms with Gasteiger partial charge in [-0.15, -0.1) is 11.3 Å². The standard InChI is InChI=1S/C8H14N2OS/c1-6-4-12-7(10-6)9-5-8(2,3)11/h4,11H,5H2,1-3H3,(H,9,10). The number of aromatic nitrogens is 1. The van der Waals surface area contributed by atoms with E-state index in [1.165, 1.54) is 0 Å². The molecule has 1 heterocycles. The van der Waals surface area contributed by atoms with Gasteiger partial charge in [-0.2, -0.15) is 0 Å². The van der Waals surface area contributed by atoms with Gasteiger partial charge in [0.15, 0.2) is 5.13 Å². The first-order valence-corrected chi connectivity index (χ1v) is 4.74. The molecule has 0 fully saturated rings. The van der Waals surface area contributed by atoms with Crippen molar-refractivity contribution < 1.29 is 5.11 Å². The Balaban J connectivity index is 2.44. The van der Waals surface area contributed by atoms with Crippen LogP contribution in [0.15, 0.2) is 5.38 Å². The number of thiazole rings is 1. The molecule has 0 bridgehead atoms. The van der Waals surface area contributed by atoms with Crippen molar-refractivity contribution >= 4 is 16.5 Å². The van der Waals surface area contributed by atoms with E-state index in [1.807, 2.05) is 12.3 Å². The third kappa shape index (κ3) is 3.19. The molecular weight excluding hydrogens is 172 g/mol. The predicted molar refractivity (Wildman–Crippen MR) is 51.6 cm³/mol. The normalized spacial score (nSPS) is 11.7. The van der Waals surface area contributed by atoms with Crippen molar-refractivity contribution in [2.75, 3.05) is 11.9 Å². The van der Waals surface area contributed by atoms with E-state index < -0.39 is 5.60 Å². The van der Waals surface area contributed by atoms with Crippen LogP contribution in [0.4, 0.5) is 5.13 Å². The molecule has 4 heteroatoms. The van der Waals surface area contributed by atoms with Crippen LogP contribution < -0.4 is 5.32 Å². The number of nitrogens with one attached hydrogen (secondary N) is 1. The van der Waals surface area contributed by atoms with Crippen LogP contribution in [0.3, 0.4) is 0 Å². The summed E-state index contributed by atoms with van der Waals surface area (Å²) in [6.45, 7) is 6.01. The molecule has 0 aromatic carbocycles. The summed E-state index contributed by atoms with van der Waals surface area (Å²) in [4.78, 5) is 4.21. The summed E-state index contributed by atoms with van der Waals surface area (Å²) in [6.07, 6.45) is 0. The van der Waals surface area contributed by atoms with Crippen molar-refractivity contribution in [3.8, 4) is 0 Å². The van der Waals surface area contributed by atoms with Crippen molar-refractivity contribution in [1.29, 1.82) is 0 Å². The van der Waals surface area contributed by atoms with E-state index in [9.17, 15) is 5.11 Å². The minimum atomic E-state index is -0.681. The molecule has 12 heavy (non-hydrogen) atoms. The second-order valence-corrected chi connectivity index (χ2v) is 4.32. The van der Waals surface area contributed by atoms with E-state index >= 15 is 0 Å². The molecule has 0 unspecified atom stereocenters. The summed E-state index contributed by atoms with van der Waals surface area (Å²) in [5, 5.41) is 15.3. The van der Waals surface area contributed by atoms with Crippen LogP contribution in [0.5, 0.6) is 0 Å². The fraction of sp³-hybridized carbons (Fsp3) is 0.625. The van der Waals surface area contributed by atoms with Gasteiger partial charge in [0.05, 0.1) is 11.3 Å². The lowest BCUT2D eigenvalue weighted by Crippen LogP contribution is -2.29. The van der Waals surface area contributed by atoms with Gasteiger partial charge in [-0.3, -0.25) is 0 Å². The third-order valence-corrected chi connectivity index (χ3v) is 2.21. The van der Waals surface area contributed by atoms with E-state index in [0.29, 0.717) is 6.54 Å². The summed E-state index contributed by atoms with van der Waals surface area (Å²) in [6, 6.07) is 0. The monoisotopic (exact) mass is 186 g/mol. The number of hydrogen-bond acceptors (Lipinski definition) is 4. The van der Waals surface area contributed by atoms with E-state index in [1.54, 1.807) is 25.2 Å². The molecule has 68 valence electrons. The van der Waals surface area contributed by atoms with Gasteiger partial charge in [-0.1, -0.05) is 0 Å². The van der Waals surface area contributed by atoms with E-state index in [4.69, 9.17) is 0 Å². The lowest BCUT2D eigenvalue weighted by Gasteiger charge is -2.16. The molecule has 0 spiro atoms. The van der Waals surface area contributed by atoms with E-state index in [0.717, 1.165) is 10.8 Å². The van der Waals surface area contributed by atoms with Gasteiger partial charge in [0, 0.05) is 11.9 Å². The molecule has 0 aliphatic rings. The second-order valence-electron chi connectivity index (χ2n) is 3.46. The molecule has 1 aromatic rings. The van der Waals surface area contributed by atoms with E-state index in [-0.39, 0.29) is 0 Å². The molecule has 0 radical (unpaired) electrons. The van der Waals surface area contributed by atoms with Gasteiger partial charge in [-0.05, 0) is 20.8 Å². The molecule has 0 saturated carbocycles. The summed E-state index contributed by atoms with van der Waals surface area (Å²) < 4.78 is 0. The minimum Gasteiger partial charge on any atom is -0.389 e. The summed E-state index contributed by atoms with van der Waals surface area (Å²) in [5.41, 5.74) is 0.331. The number of aryl methyl sites for hydroxylation is 1. The molecule has 3 nitrogen and oxygen atoms in total. The molecule has 0 aliphatic carbocycles. The Kier molecular flexibility index (Phi) is 2.69. The first-order chi connectivity index (χ1) is 5.47. The lowest BCUT2D eigenvalue weighted by molar-refractivity contribution is 0.0945. The maximum Gasteiger partial charge on any atom is 0.182 e. The smallest absolute Gasteiger partial charge is 0.182 e. The van der Waals surface area contributed by atoms with Crippen LogP contribution >= 0.6 is 11.3 Å². The van der Waals surface area contributed by atoms with Crippen molar-refractivity contribution in [2.45, 2.75) is 26.4 Å². The van der Waals surface area contributed by atoms with Crippen molar-refractivity contribution in [3.05, 3.63) is 11.1 Å². The van der Waals surface area contributed by atoms with Crippen LogP contribution in [0.1, 0.15) is 19.5 Å². The minimum absolute atomic E-state index is 0.528. The average Bonchev–Trinajstić information content (AvgIpc) is 2.30. The first-order valence-electron chi connectivity index (χ1n) is 3.86. The maximum atomic E-state index is 9.40. The topological polar surface area (TPSA) is 45.1 Å². The predicted octanol–water partition coefficient (Wildman–Crippen LogP) is 1.63. The molecule has 1 rings (SSSR count). The number of rotatable bonds is 3. The van der Waals surface area contributed by atoms with Crippen LogP contribution in [0, 0.1) is 6.92 Å². The first kappa shape index (κ1) is 9.48. The summed E-state index contributed by atoms with van der Waals surface area (Å²) in [7, 11) is 0. The van der Waals surface area contributed by atoms with Crippen LogP contribution in [0.25, 0.3) is 0 Å². The molecule has 2 N–H and O–H groups in total. The summed E-state index contributed by atoms with van der Waals surface area (Å²) in [5.74, 6) is 0. The highest BCUT2D eigenvalue weighted by molar-refractivity contribution is 7.13. The Morgan fingerprint density at radius 3 is 2.75 bits per heavy atom. The Morgan fingerprint density at radius 2 is 2.33 bits per heavy atom. The zero-order valence-corrected chi connectivity index (χ0v) is 8.40. The molecule has 0 amide bonds. The number of hydrogen-bond donors (Lipinski definition) is 2. The van der Waals surface area contributed by atoms with Gasteiger partial charge in [0.25, 0.3) is 0 Å². The average molecular weight is 186 g/mol. The molecular formula is C8H14N2OS. The van der Waals surface area contributed by atoms with Gasteiger partial charge >= 0.3 is 0 Å². The highest BCUT2D eigenvalue weighted by Gasteiger charge is 2.12. The molecule has 1 aromatic heterocycles. The van der Waals surface area contributed by atoms with Gasteiger partial charge in [0.2, 0.25) is 0 Å². The maximum absolute atomic E-state index is 9.40. The Hall–Kier alpha value is -0.610. The number of aliphatic hydroxyl groups is 1. The Morgan fingerprint density at radius 1 is 1.67 bits per heavy atom. The molecule has 0 saturated heterocycles. The third-order valence-electron chi connectivity index (χ3n) is 1.29. The highest BCUT2D eigenvalue weighted by Crippen LogP contribution is 2.15. The quantitative estimate of drug-likeness (QED) is 0.754. The van der Waals surface area contributed by atoms with Crippen molar-refractivity contribution in [3.63, 3.8) is 0 Å². The molecule has 0 aliphatic heterocycles. The fourth-order valence-corrected chi connectivity index (χ4v) is 1.41. The Labute approximate surface area is 76.5 Å².